The Morgan fingerprint density at radius 3 is 2.79 bits per heavy atom. The van der Waals surface area contributed by atoms with Crippen LogP contribution in [-0.2, 0) is 14.3 Å². The second kappa shape index (κ2) is 4.63. The van der Waals surface area contributed by atoms with Crippen LogP contribution in [0.4, 0.5) is 0 Å². The Bertz CT molecular complexity index is 304. The largest absolute Gasteiger partial charge is 0.465 e. The summed E-state index contributed by atoms with van der Waals surface area (Å²) in [4.78, 5) is 11.1. The summed E-state index contributed by atoms with van der Waals surface area (Å²) in [5.41, 5.74) is 0.637. The fraction of sp³-hybridized carbons (Fsp3) is 0.556. The van der Waals surface area contributed by atoms with Gasteiger partial charge in [-0.05, 0) is 12.8 Å². The van der Waals surface area contributed by atoms with Gasteiger partial charge in [-0.1, -0.05) is 0 Å². The standard InChI is InChI=1S/C9H12N2O3/c1-13-8-4-3-7(11-8)6(5-10)9(12)14-2/h8,11H,3-4H2,1-2H3. The quantitative estimate of drug-likeness (QED) is 0.390. The second-order valence-corrected chi connectivity index (χ2v) is 2.86. The van der Waals surface area contributed by atoms with Gasteiger partial charge in [-0.25, -0.2) is 4.79 Å². The normalized spacial score (nSPS) is 23.6. The molecule has 0 amide bonds. The minimum Gasteiger partial charge on any atom is -0.465 e. The Morgan fingerprint density at radius 2 is 2.36 bits per heavy atom. The number of nitrogens with one attached hydrogen (secondary N) is 1. The molecule has 1 heterocycles. The van der Waals surface area contributed by atoms with E-state index in [0.29, 0.717) is 12.1 Å². The van der Waals surface area contributed by atoms with Crippen molar-refractivity contribution in [1.82, 2.24) is 5.32 Å². The fourth-order valence-electron chi connectivity index (χ4n) is 1.33. The van der Waals surface area contributed by atoms with Gasteiger partial charge in [0.15, 0.2) is 5.57 Å². The number of nitrogens with zero attached hydrogens (tertiary/aromatic N) is 1. The van der Waals surface area contributed by atoms with E-state index in [0.717, 1.165) is 6.42 Å². The van der Waals surface area contributed by atoms with E-state index in [1.54, 1.807) is 7.11 Å². The molecule has 1 aliphatic rings. The summed E-state index contributed by atoms with van der Waals surface area (Å²) in [5.74, 6) is -0.605. The van der Waals surface area contributed by atoms with Crippen LogP contribution in [0.5, 0.6) is 0 Å². The molecule has 1 N–H and O–H groups in total. The van der Waals surface area contributed by atoms with Gasteiger partial charge in [0.1, 0.15) is 12.3 Å². The summed E-state index contributed by atoms with van der Waals surface area (Å²) >= 11 is 0. The van der Waals surface area contributed by atoms with Crippen molar-refractivity contribution < 1.29 is 14.3 Å². The van der Waals surface area contributed by atoms with Crippen LogP contribution in [0.15, 0.2) is 11.3 Å². The van der Waals surface area contributed by atoms with Gasteiger partial charge in [-0.15, -0.1) is 0 Å². The van der Waals surface area contributed by atoms with Crippen LogP contribution in [0.2, 0.25) is 0 Å². The first-order valence-electron chi connectivity index (χ1n) is 4.23. The molecule has 0 aliphatic carbocycles. The van der Waals surface area contributed by atoms with Gasteiger partial charge in [0.25, 0.3) is 0 Å². The minimum absolute atomic E-state index is 0.0343. The lowest BCUT2D eigenvalue weighted by Crippen LogP contribution is -2.23. The van der Waals surface area contributed by atoms with Crippen LogP contribution in [0.25, 0.3) is 0 Å². The summed E-state index contributed by atoms with van der Waals surface area (Å²) in [6.45, 7) is 0. The Hall–Kier alpha value is -1.54. The molecular formula is C9H12N2O3. The molecular weight excluding hydrogens is 184 g/mol. The minimum atomic E-state index is -0.605. The molecule has 0 aromatic heterocycles. The second-order valence-electron chi connectivity index (χ2n) is 2.86. The lowest BCUT2D eigenvalue weighted by Gasteiger charge is -2.08. The third kappa shape index (κ3) is 2.03. The van der Waals surface area contributed by atoms with E-state index in [9.17, 15) is 4.79 Å². The summed E-state index contributed by atoms with van der Waals surface area (Å²) < 4.78 is 9.53. The van der Waals surface area contributed by atoms with Crippen molar-refractivity contribution in [3.63, 3.8) is 0 Å². The number of nitriles is 1. The van der Waals surface area contributed by atoms with Crippen LogP contribution in [0.3, 0.4) is 0 Å². The summed E-state index contributed by atoms with van der Waals surface area (Å²) in [6, 6.07) is 1.83. The molecule has 5 heteroatoms. The maximum atomic E-state index is 11.1. The van der Waals surface area contributed by atoms with Gasteiger partial charge < -0.3 is 14.8 Å². The summed E-state index contributed by atoms with van der Waals surface area (Å²) in [6.07, 6.45) is 1.28. The van der Waals surface area contributed by atoms with Crippen molar-refractivity contribution in [1.29, 1.82) is 5.26 Å². The third-order valence-electron chi connectivity index (χ3n) is 2.08. The molecule has 1 fully saturated rings. The molecule has 0 saturated carbocycles. The Labute approximate surface area is 82.3 Å². The van der Waals surface area contributed by atoms with Gasteiger partial charge in [0.2, 0.25) is 0 Å². The van der Waals surface area contributed by atoms with Crippen molar-refractivity contribution in [2.75, 3.05) is 14.2 Å². The average molecular weight is 196 g/mol. The molecule has 1 rings (SSSR count). The van der Waals surface area contributed by atoms with E-state index >= 15 is 0 Å². The van der Waals surface area contributed by atoms with E-state index < -0.39 is 5.97 Å². The zero-order chi connectivity index (χ0) is 10.6. The zero-order valence-corrected chi connectivity index (χ0v) is 8.16. The number of allylic oxidation sites excluding steroid dienone is 1. The third-order valence-corrected chi connectivity index (χ3v) is 2.08. The summed E-state index contributed by atoms with van der Waals surface area (Å²) in [7, 11) is 2.83. The highest BCUT2D eigenvalue weighted by Crippen LogP contribution is 2.19. The SMILES string of the molecule is COC(=O)C(C#N)=C1CCC(OC)N1. The number of ether oxygens (including phenoxy) is 2. The fourth-order valence-corrected chi connectivity index (χ4v) is 1.33. The van der Waals surface area contributed by atoms with Gasteiger partial charge in [-0.3, -0.25) is 0 Å². The number of carbonyl (C=O) groups is 1. The van der Waals surface area contributed by atoms with Gasteiger partial charge in [0.05, 0.1) is 7.11 Å². The molecule has 14 heavy (non-hydrogen) atoms. The molecule has 0 bridgehead atoms. The number of esters is 1. The Morgan fingerprint density at radius 1 is 1.64 bits per heavy atom. The molecule has 0 spiro atoms. The smallest absolute Gasteiger partial charge is 0.350 e. The van der Waals surface area contributed by atoms with E-state index in [1.807, 2.05) is 6.07 Å². The molecule has 0 aromatic carbocycles. The molecule has 1 aliphatic heterocycles. The summed E-state index contributed by atoms with van der Waals surface area (Å²) in [5, 5.41) is 11.7. The molecule has 1 saturated heterocycles. The number of hydrogen-bond acceptors (Lipinski definition) is 5. The molecule has 76 valence electrons. The zero-order valence-electron chi connectivity index (χ0n) is 8.16. The van der Waals surface area contributed by atoms with Gasteiger partial charge in [0, 0.05) is 12.8 Å². The molecule has 1 unspecified atom stereocenters. The molecule has 0 radical (unpaired) electrons. The van der Waals surface area contributed by atoms with Crippen LogP contribution < -0.4 is 5.32 Å². The van der Waals surface area contributed by atoms with Crippen LogP contribution in [0.1, 0.15) is 12.8 Å². The van der Waals surface area contributed by atoms with Gasteiger partial charge in [-0.2, -0.15) is 5.26 Å². The molecule has 1 atom stereocenters. The van der Waals surface area contributed by atoms with Crippen molar-refractivity contribution in [2.24, 2.45) is 0 Å². The monoisotopic (exact) mass is 196 g/mol. The first-order valence-corrected chi connectivity index (χ1v) is 4.23. The number of rotatable bonds is 2. The van der Waals surface area contributed by atoms with Crippen molar-refractivity contribution in [3.05, 3.63) is 11.3 Å². The van der Waals surface area contributed by atoms with E-state index in [4.69, 9.17) is 10.00 Å². The topological polar surface area (TPSA) is 71.4 Å². The molecule has 0 aromatic rings. The lowest BCUT2D eigenvalue weighted by molar-refractivity contribution is -0.135. The van der Waals surface area contributed by atoms with Crippen LogP contribution in [-0.4, -0.2) is 26.4 Å². The van der Waals surface area contributed by atoms with E-state index in [1.165, 1.54) is 7.11 Å². The first-order chi connectivity index (χ1) is 6.72. The van der Waals surface area contributed by atoms with Crippen LogP contribution in [0, 0.1) is 11.3 Å². The highest BCUT2D eigenvalue weighted by molar-refractivity contribution is 5.93. The van der Waals surface area contributed by atoms with E-state index in [-0.39, 0.29) is 11.8 Å². The van der Waals surface area contributed by atoms with E-state index in [2.05, 4.69) is 10.1 Å². The number of methoxy groups -OCH3 is 2. The van der Waals surface area contributed by atoms with Crippen LogP contribution >= 0.6 is 0 Å². The Balaban J connectivity index is 2.82. The number of carbonyl (C=O) groups excluding carboxylic acids is 1. The molecule has 5 nitrogen and oxygen atoms in total. The first kappa shape index (κ1) is 10.5. The van der Waals surface area contributed by atoms with Crippen molar-refractivity contribution in [3.8, 4) is 6.07 Å². The maximum Gasteiger partial charge on any atom is 0.350 e. The maximum absolute atomic E-state index is 11.1. The highest BCUT2D eigenvalue weighted by Gasteiger charge is 2.24. The predicted molar refractivity (Wildman–Crippen MR) is 47.8 cm³/mol. The van der Waals surface area contributed by atoms with Crippen molar-refractivity contribution >= 4 is 5.97 Å². The highest BCUT2D eigenvalue weighted by atomic mass is 16.5. The lowest BCUT2D eigenvalue weighted by atomic mass is 10.2. The average Bonchev–Trinajstić information content (AvgIpc) is 2.67. The number of hydrogen-bond donors (Lipinski definition) is 1. The van der Waals surface area contributed by atoms with Gasteiger partial charge >= 0.3 is 5.97 Å². The Kier molecular flexibility index (Phi) is 3.48. The van der Waals surface area contributed by atoms with Crippen molar-refractivity contribution in [2.45, 2.75) is 19.1 Å². The predicted octanol–water partition coefficient (Wildman–Crippen LogP) is 0.293.